The van der Waals surface area contributed by atoms with E-state index in [2.05, 4.69) is 30.6 Å². The minimum Gasteiger partial charge on any atom is -0.485 e. The molecular weight excluding hydrogens is 244 g/mol. The number of rotatable bonds is 5. The SMILES string of the molecule is CCCCCC#C/C=C(/C#Cc1ccccc1)OCC. The Labute approximate surface area is 123 Å². The van der Waals surface area contributed by atoms with E-state index in [0.29, 0.717) is 12.4 Å². The first-order chi connectivity index (χ1) is 9.86. The highest BCUT2D eigenvalue weighted by Crippen LogP contribution is 2.00. The zero-order valence-electron chi connectivity index (χ0n) is 12.4. The number of unbranched alkanes of at least 4 members (excludes halogenated alkanes) is 3. The number of benzene rings is 1. The summed E-state index contributed by atoms with van der Waals surface area (Å²) in [5.41, 5.74) is 0.981. The molecule has 0 fully saturated rings. The van der Waals surface area contributed by atoms with Crippen molar-refractivity contribution in [1.29, 1.82) is 0 Å². The minimum atomic E-state index is 0.604. The summed E-state index contributed by atoms with van der Waals surface area (Å²) in [5.74, 6) is 12.9. The van der Waals surface area contributed by atoms with Crippen LogP contribution in [0, 0.1) is 23.7 Å². The highest BCUT2D eigenvalue weighted by Gasteiger charge is 1.89. The molecule has 0 heterocycles. The van der Waals surface area contributed by atoms with Crippen molar-refractivity contribution < 1.29 is 4.74 Å². The normalized spacial score (nSPS) is 10.0. The van der Waals surface area contributed by atoms with E-state index in [-0.39, 0.29) is 0 Å². The summed E-state index contributed by atoms with van der Waals surface area (Å²) in [6, 6.07) is 9.88. The van der Waals surface area contributed by atoms with Crippen LogP contribution in [0.4, 0.5) is 0 Å². The Hall–Kier alpha value is -2.12. The zero-order chi connectivity index (χ0) is 14.5. The molecule has 1 nitrogen and oxygen atoms in total. The van der Waals surface area contributed by atoms with Gasteiger partial charge in [-0.25, -0.2) is 0 Å². The Kier molecular flexibility index (Phi) is 8.58. The molecule has 0 saturated heterocycles. The summed E-state index contributed by atoms with van der Waals surface area (Å²) in [5, 5.41) is 0. The molecule has 1 heteroatoms. The molecule has 0 radical (unpaired) electrons. The van der Waals surface area contributed by atoms with Crippen LogP contribution in [-0.2, 0) is 4.74 Å². The van der Waals surface area contributed by atoms with E-state index in [4.69, 9.17) is 4.74 Å². The summed E-state index contributed by atoms with van der Waals surface area (Å²) >= 11 is 0. The van der Waals surface area contributed by atoms with E-state index in [9.17, 15) is 0 Å². The standard InChI is InChI=1S/C19H22O/c1-3-5-6-7-8-12-15-19(20-4-2)17-16-18-13-10-9-11-14-18/h9-11,13-15H,3-7H2,1-2H3/b19-15-. The summed E-state index contributed by atoms with van der Waals surface area (Å²) in [6.07, 6.45) is 6.34. The second-order valence-electron chi connectivity index (χ2n) is 4.34. The highest BCUT2D eigenvalue weighted by molar-refractivity contribution is 5.40. The van der Waals surface area contributed by atoms with E-state index >= 15 is 0 Å². The van der Waals surface area contributed by atoms with Crippen molar-refractivity contribution in [1.82, 2.24) is 0 Å². The van der Waals surface area contributed by atoms with Gasteiger partial charge in [0.15, 0.2) is 5.76 Å². The molecule has 0 unspecified atom stereocenters. The Bertz CT molecular complexity index is 518. The van der Waals surface area contributed by atoms with Gasteiger partial charge in [-0.3, -0.25) is 0 Å². The maximum atomic E-state index is 5.48. The molecule has 0 atom stereocenters. The van der Waals surface area contributed by atoms with Crippen molar-refractivity contribution in [2.45, 2.75) is 39.5 Å². The third kappa shape index (κ3) is 7.34. The van der Waals surface area contributed by atoms with Crippen LogP contribution in [0.25, 0.3) is 0 Å². The molecule has 1 rings (SSSR count). The van der Waals surface area contributed by atoms with Crippen molar-refractivity contribution >= 4 is 0 Å². The van der Waals surface area contributed by atoms with Gasteiger partial charge in [-0.2, -0.15) is 0 Å². The van der Waals surface area contributed by atoms with Crippen molar-refractivity contribution in [2.75, 3.05) is 6.61 Å². The molecule has 20 heavy (non-hydrogen) atoms. The smallest absolute Gasteiger partial charge is 0.178 e. The fourth-order valence-electron chi connectivity index (χ4n) is 1.58. The topological polar surface area (TPSA) is 9.23 Å². The molecule has 104 valence electrons. The third-order valence-electron chi connectivity index (χ3n) is 2.61. The number of allylic oxidation sites excluding steroid dienone is 2. The summed E-state index contributed by atoms with van der Waals surface area (Å²) in [4.78, 5) is 0. The molecule has 0 spiro atoms. The summed E-state index contributed by atoms with van der Waals surface area (Å²) in [7, 11) is 0. The largest absolute Gasteiger partial charge is 0.485 e. The van der Waals surface area contributed by atoms with E-state index in [0.717, 1.165) is 18.4 Å². The lowest BCUT2D eigenvalue weighted by molar-refractivity contribution is 0.246. The Balaban J connectivity index is 2.62. The van der Waals surface area contributed by atoms with Crippen LogP contribution in [0.1, 0.15) is 45.1 Å². The van der Waals surface area contributed by atoms with Gasteiger partial charge in [-0.1, -0.05) is 55.7 Å². The van der Waals surface area contributed by atoms with Gasteiger partial charge >= 0.3 is 0 Å². The lowest BCUT2D eigenvalue weighted by atomic mass is 10.2. The quantitative estimate of drug-likeness (QED) is 0.432. The maximum absolute atomic E-state index is 5.48. The first-order valence-electron chi connectivity index (χ1n) is 7.25. The molecule has 0 aliphatic carbocycles. The first kappa shape index (κ1) is 15.9. The maximum Gasteiger partial charge on any atom is 0.178 e. The summed E-state index contributed by atoms with van der Waals surface area (Å²) < 4.78 is 5.48. The van der Waals surface area contributed by atoms with Gasteiger partial charge in [0.05, 0.1) is 6.61 Å². The molecule has 0 N–H and O–H groups in total. The van der Waals surface area contributed by atoms with Crippen LogP contribution >= 0.6 is 0 Å². The molecule has 0 aliphatic heterocycles. The van der Waals surface area contributed by atoms with Gasteiger partial charge in [0.25, 0.3) is 0 Å². The Morgan fingerprint density at radius 1 is 1.15 bits per heavy atom. The number of hydrogen-bond donors (Lipinski definition) is 0. The van der Waals surface area contributed by atoms with Gasteiger partial charge < -0.3 is 4.74 Å². The van der Waals surface area contributed by atoms with Gasteiger partial charge in [0.1, 0.15) is 0 Å². The molecule has 1 aromatic carbocycles. The average Bonchev–Trinajstić information content (AvgIpc) is 2.49. The number of ether oxygens (including phenoxy) is 1. The molecule has 0 saturated carbocycles. The molecule has 1 aromatic rings. The lowest BCUT2D eigenvalue weighted by Gasteiger charge is -1.98. The van der Waals surface area contributed by atoms with E-state index in [1.807, 2.05) is 37.3 Å². The van der Waals surface area contributed by atoms with Gasteiger partial charge in [-0.15, -0.1) is 0 Å². The molecular formula is C19H22O. The average molecular weight is 266 g/mol. The predicted octanol–water partition coefficient (Wildman–Crippen LogP) is 4.54. The molecule has 0 amide bonds. The van der Waals surface area contributed by atoms with Crippen LogP contribution in [0.5, 0.6) is 0 Å². The third-order valence-corrected chi connectivity index (χ3v) is 2.61. The predicted molar refractivity (Wildman–Crippen MR) is 84.9 cm³/mol. The van der Waals surface area contributed by atoms with Crippen molar-refractivity contribution in [3.05, 3.63) is 47.7 Å². The van der Waals surface area contributed by atoms with Gasteiger partial charge in [-0.05, 0) is 31.4 Å². The van der Waals surface area contributed by atoms with Crippen molar-refractivity contribution in [3.8, 4) is 23.7 Å². The van der Waals surface area contributed by atoms with Crippen LogP contribution in [0.3, 0.4) is 0 Å². The fourth-order valence-corrected chi connectivity index (χ4v) is 1.58. The monoisotopic (exact) mass is 266 g/mol. The van der Waals surface area contributed by atoms with Crippen LogP contribution in [-0.4, -0.2) is 6.61 Å². The van der Waals surface area contributed by atoms with Crippen molar-refractivity contribution in [3.63, 3.8) is 0 Å². The van der Waals surface area contributed by atoms with E-state index < -0.39 is 0 Å². The number of hydrogen-bond acceptors (Lipinski definition) is 1. The van der Waals surface area contributed by atoms with Crippen molar-refractivity contribution in [2.24, 2.45) is 0 Å². The van der Waals surface area contributed by atoms with Crippen LogP contribution in [0.2, 0.25) is 0 Å². The Morgan fingerprint density at radius 3 is 2.65 bits per heavy atom. The molecule has 0 bridgehead atoms. The molecule has 0 aromatic heterocycles. The first-order valence-corrected chi connectivity index (χ1v) is 7.25. The second kappa shape index (κ2) is 10.8. The fraction of sp³-hybridized carbons (Fsp3) is 0.368. The zero-order valence-corrected chi connectivity index (χ0v) is 12.4. The second-order valence-corrected chi connectivity index (χ2v) is 4.34. The lowest BCUT2D eigenvalue weighted by Crippen LogP contribution is -1.88. The summed E-state index contributed by atoms with van der Waals surface area (Å²) in [6.45, 7) is 4.75. The highest BCUT2D eigenvalue weighted by atomic mass is 16.5. The minimum absolute atomic E-state index is 0.604. The van der Waals surface area contributed by atoms with Crippen LogP contribution < -0.4 is 0 Å². The van der Waals surface area contributed by atoms with Gasteiger partial charge in [0, 0.05) is 18.1 Å². The van der Waals surface area contributed by atoms with E-state index in [1.54, 1.807) is 6.08 Å². The van der Waals surface area contributed by atoms with Crippen LogP contribution in [0.15, 0.2) is 42.2 Å². The van der Waals surface area contributed by atoms with Gasteiger partial charge in [0.2, 0.25) is 0 Å². The molecule has 0 aliphatic rings. The van der Waals surface area contributed by atoms with E-state index in [1.165, 1.54) is 12.8 Å². The Morgan fingerprint density at radius 2 is 1.95 bits per heavy atom.